The van der Waals surface area contributed by atoms with Gasteiger partial charge in [0.25, 0.3) is 0 Å². The zero-order valence-electron chi connectivity index (χ0n) is 14.6. The molecule has 8 heteroatoms. The number of methoxy groups -OCH3 is 1. The van der Waals surface area contributed by atoms with Crippen molar-refractivity contribution in [1.29, 1.82) is 0 Å². The van der Waals surface area contributed by atoms with Crippen LogP contribution in [0.2, 0.25) is 0 Å². The molecule has 0 aliphatic heterocycles. The first-order chi connectivity index (χ1) is 12.9. The van der Waals surface area contributed by atoms with Crippen LogP contribution in [0.1, 0.15) is 15.9 Å². The maximum atomic E-state index is 11.5. The Bertz CT molecular complexity index is 1020. The first-order valence-corrected chi connectivity index (χ1v) is 8.72. The average Bonchev–Trinajstić information content (AvgIpc) is 2.60. The van der Waals surface area contributed by atoms with E-state index in [0.717, 1.165) is 10.5 Å². The van der Waals surface area contributed by atoms with Gasteiger partial charge in [-0.2, -0.15) is 0 Å². The van der Waals surface area contributed by atoms with Crippen molar-refractivity contribution in [2.75, 3.05) is 12.8 Å². The van der Waals surface area contributed by atoms with Crippen molar-refractivity contribution >= 4 is 23.7 Å². The van der Waals surface area contributed by atoms with Crippen LogP contribution >= 0.6 is 11.8 Å². The molecule has 0 atom stereocenters. The molecule has 3 aromatic rings. The summed E-state index contributed by atoms with van der Waals surface area (Å²) in [6, 6.07) is 11.7. The third-order valence-electron chi connectivity index (χ3n) is 3.81. The molecule has 0 amide bonds. The minimum atomic E-state index is -1.09. The number of nitrogen functional groups attached to an aromatic ring is 1. The Morgan fingerprint density at radius 1 is 1.19 bits per heavy atom. The maximum Gasteiger partial charge on any atom is 0.339 e. The van der Waals surface area contributed by atoms with Crippen LogP contribution in [0.15, 0.2) is 52.4 Å². The van der Waals surface area contributed by atoms with E-state index in [9.17, 15) is 15.0 Å². The van der Waals surface area contributed by atoms with Crippen molar-refractivity contribution in [3.05, 3.63) is 53.6 Å². The lowest BCUT2D eigenvalue weighted by atomic mass is 10.0. The summed E-state index contributed by atoms with van der Waals surface area (Å²) in [4.78, 5) is 20.8. The quantitative estimate of drug-likeness (QED) is 0.572. The fraction of sp³-hybridized carbons (Fsp3) is 0.105. The highest BCUT2D eigenvalue weighted by Gasteiger charge is 2.17. The number of nitrogens with zero attached hydrogens (tertiary/aromatic N) is 2. The molecule has 0 bridgehead atoms. The SMILES string of the molecule is COc1cc(C)c(-c2cc(Sc3cccc(O)c3)nc(N)n2)cc1C(=O)O. The van der Waals surface area contributed by atoms with E-state index in [0.29, 0.717) is 16.3 Å². The highest BCUT2D eigenvalue weighted by Crippen LogP contribution is 2.34. The molecule has 138 valence electrons. The Morgan fingerprint density at radius 3 is 2.63 bits per heavy atom. The number of anilines is 1. The summed E-state index contributed by atoms with van der Waals surface area (Å²) in [5.41, 5.74) is 7.82. The second-order valence-electron chi connectivity index (χ2n) is 5.72. The van der Waals surface area contributed by atoms with E-state index in [-0.39, 0.29) is 23.0 Å². The van der Waals surface area contributed by atoms with Crippen LogP contribution in [-0.2, 0) is 0 Å². The van der Waals surface area contributed by atoms with Gasteiger partial charge in [0, 0.05) is 10.5 Å². The minimum absolute atomic E-state index is 0.0393. The monoisotopic (exact) mass is 383 g/mol. The van der Waals surface area contributed by atoms with Crippen molar-refractivity contribution in [3.63, 3.8) is 0 Å². The minimum Gasteiger partial charge on any atom is -0.508 e. The van der Waals surface area contributed by atoms with E-state index in [2.05, 4.69) is 9.97 Å². The van der Waals surface area contributed by atoms with Crippen molar-refractivity contribution in [1.82, 2.24) is 9.97 Å². The fourth-order valence-corrected chi connectivity index (χ4v) is 3.47. The molecule has 0 spiro atoms. The van der Waals surface area contributed by atoms with Gasteiger partial charge in [0.2, 0.25) is 5.95 Å². The number of phenols is 1. The van der Waals surface area contributed by atoms with Gasteiger partial charge >= 0.3 is 5.97 Å². The largest absolute Gasteiger partial charge is 0.508 e. The lowest BCUT2D eigenvalue weighted by Gasteiger charge is -2.12. The number of phenolic OH excluding ortho intramolecular Hbond substituents is 1. The van der Waals surface area contributed by atoms with Gasteiger partial charge in [-0.1, -0.05) is 17.8 Å². The number of ether oxygens (including phenoxy) is 1. The predicted molar refractivity (Wildman–Crippen MR) is 102 cm³/mol. The molecule has 0 radical (unpaired) electrons. The highest BCUT2D eigenvalue weighted by molar-refractivity contribution is 7.99. The van der Waals surface area contributed by atoms with E-state index in [1.807, 2.05) is 13.0 Å². The molecular formula is C19H17N3O4S. The second-order valence-corrected chi connectivity index (χ2v) is 6.82. The summed E-state index contributed by atoms with van der Waals surface area (Å²) < 4.78 is 5.15. The Labute approximate surface area is 159 Å². The van der Waals surface area contributed by atoms with Gasteiger partial charge in [-0.05, 0) is 48.9 Å². The van der Waals surface area contributed by atoms with E-state index < -0.39 is 5.97 Å². The number of carboxylic acids is 1. The van der Waals surface area contributed by atoms with Gasteiger partial charge in [-0.15, -0.1) is 0 Å². The van der Waals surface area contributed by atoms with Crippen molar-refractivity contribution < 1.29 is 19.7 Å². The molecule has 27 heavy (non-hydrogen) atoms. The lowest BCUT2D eigenvalue weighted by Crippen LogP contribution is -2.04. The number of benzene rings is 2. The van der Waals surface area contributed by atoms with Crippen LogP contribution in [0.5, 0.6) is 11.5 Å². The van der Waals surface area contributed by atoms with Gasteiger partial charge < -0.3 is 20.7 Å². The third-order valence-corrected chi connectivity index (χ3v) is 4.72. The van der Waals surface area contributed by atoms with Crippen LogP contribution in [0.3, 0.4) is 0 Å². The molecule has 0 saturated carbocycles. The van der Waals surface area contributed by atoms with E-state index in [4.69, 9.17) is 10.5 Å². The van der Waals surface area contributed by atoms with E-state index in [1.165, 1.54) is 24.9 Å². The molecule has 0 saturated heterocycles. The van der Waals surface area contributed by atoms with Crippen LogP contribution in [0.4, 0.5) is 5.95 Å². The standard InChI is InChI=1S/C19H17N3O4S/c1-10-6-16(26-2)14(18(24)25)8-13(10)15-9-17(22-19(20)21-15)27-12-5-3-4-11(23)7-12/h3-9,23H,1-2H3,(H,24,25)(H2,20,21,22). The van der Waals surface area contributed by atoms with Crippen LogP contribution in [0.25, 0.3) is 11.3 Å². The second kappa shape index (κ2) is 7.55. The number of rotatable bonds is 5. The van der Waals surface area contributed by atoms with Gasteiger partial charge in [0.05, 0.1) is 12.8 Å². The first-order valence-electron chi connectivity index (χ1n) is 7.91. The summed E-state index contributed by atoms with van der Waals surface area (Å²) in [6.45, 7) is 1.84. The van der Waals surface area contributed by atoms with Crippen LogP contribution < -0.4 is 10.5 Å². The molecule has 4 N–H and O–H groups in total. The lowest BCUT2D eigenvalue weighted by molar-refractivity contribution is 0.0693. The Kier molecular flexibility index (Phi) is 5.18. The van der Waals surface area contributed by atoms with Gasteiger partial charge in [0.1, 0.15) is 22.1 Å². The normalized spacial score (nSPS) is 10.6. The van der Waals surface area contributed by atoms with Crippen LogP contribution in [-0.4, -0.2) is 33.3 Å². The predicted octanol–water partition coefficient (Wildman–Crippen LogP) is 3.60. The summed E-state index contributed by atoms with van der Waals surface area (Å²) in [5.74, 6) is -0.591. The number of hydrogen-bond donors (Lipinski definition) is 3. The molecule has 1 heterocycles. The van der Waals surface area contributed by atoms with Crippen LogP contribution in [0, 0.1) is 6.92 Å². The highest BCUT2D eigenvalue weighted by atomic mass is 32.2. The Morgan fingerprint density at radius 2 is 1.96 bits per heavy atom. The van der Waals surface area contributed by atoms with Gasteiger partial charge in [-0.25, -0.2) is 14.8 Å². The summed E-state index contributed by atoms with van der Waals surface area (Å²) >= 11 is 1.32. The van der Waals surface area contributed by atoms with Crippen molar-refractivity contribution in [3.8, 4) is 22.8 Å². The van der Waals surface area contributed by atoms with Crippen molar-refractivity contribution in [2.24, 2.45) is 0 Å². The topological polar surface area (TPSA) is 119 Å². The molecule has 1 aromatic heterocycles. The van der Waals surface area contributed by atoms with E-state index in [1.54, 1.807) is 30.3 Å². The Hall–Kier alpha value is -3.26. The summed E-state index contributed by atoms with van der Waals surface area (Å²) in [7, 11) is 1.42. The third kappa shape index (κ3) is 4.12. The molecule has 0 aliphatic rings. The summed E-state index contributed by atoms with van der Waals surface area (Å²) in [6.07, 6.45) is 0. The number of nitrogens with two attached hydrogens (primary N) is 1. The van der Waals surface area contributed by atoms with Crippen molar-refractivity contribution in [2.45, 2.75) is 16.8 Å². The zero-order chi connectivity index (χ0) is 19.6. The number of aromatic nitrogens is 2. The smallest absolute Gasteiger partial charge is 0.339 e. The average molecular weight is 383 g/mol. The molecule has 7 nitrogen and oxygen atoms in total. The number of carboxylic acid groups (broad SMARTS) is 1. The summed E-state index contributed by atoms with van der Waals surface area (Å²) in [5, 5.41) is 19.6. The molecule has 3 rings (SSSR count). The molecule has 2 aromatic carbocycles. The number of carbonyl (C=O) groups is 1. The molecule has 0 fully saturated rings. The first kappa shape index (κ1) is 18.5. The number of aromatic carboxylic acids is 1. The molecule has 0 aliphatic carbocycles. The molecular weight excluding hydrogens is 366 g/mol. The number of aromatic hydroxyl groups is 1. The maximum absolute atomic E-state index is 11.5. The molecule has 0 unspecified atom stereocenters. The number of aryl methyl sites for hydroxylation is 1. The van der Waals surface area contributed by atoms with Gasteiger partial charge in [0.15, 0.2) is 0 Å². The zero-order valence-corrected chi connectivity index (χ0v) is 15.4. The van der Waals surface area contributed by atoms with Gasteiger partial charge in [-0.3, -0.25) is 0 Å². The Balaban J connectivity index is 2.06. The fourth-order valence-electron chi connectivity index (χ4n) is 2.59. The number of hydrogen-bond acceptors (Lipinski definition) is 7. The van der Waals surface area contributed by atoms with E-state index >= 15 is 0 Å².